The Morgan fingerprint density at radius 2 is 1.71 bits per heavy atom. The normalized spacial score (nSPS) is 11.5. The highest BCUT2D eigenvalue weighted by Crippen LogP contribution is 2.32. The smallest absolute Gasteiger partial charge is 0.229 e. The zero-order chi connectivity index (χ0) is 21.8. The van der Waals surface area contributed by atoms with Gasteiger partial charge in [0.2, 0.25) is 10.0 Å². The Balaban J connectivity index is 1.61. The summed E-state index contributed by atoms with van der Waals surface area (Å²) in [5.41, 5.74) is 5.42. The lowest BCUT2D eigenvalue weighted by Crippen LogP contribution is -2.09. The van der Waals surface area contributed by atoms with Crippen LogP contribution in [0.15, 0.2) is 67.0 Å². The molecule has 0 fully saturated rings. The number of nitrogens with zero attached hydrogens (tertiary/aromatic N) is 1. The van der Waals surface area contributed by atoms with Gasteiger partial charge in [-0.3, -0.25) is 4.72 Å². The maximum Gasteiger partial charge on any atom is 0.229 e. The lowest BCUT2D eigenvalue weighted by Gasteiger charge is -2.07. The molecule has 2 N–H and O–H groups in total. The summed E-state index contributed by atoms with van der Waals surface area (Å²) in [5.74, 6) is 0.874. The highest BCUT2D eigenvalue weighted by molar-refractivity contribution is 7.92. The SMILES string of the molecule is CCCCOc1ccc(-c2c[nH]c3ncc(-c4ccc(NS(C)(=O)=O)cc4)cc23)cc1. The minimum Gasteiger partial charge on any atom is -0.494 e. The van der Waals surface area contributed by atoms with Crippen LogP contribution in [0.1, 0.15) is 19.8 Å². The number of benzene rings is 2. The summed E-state index contributed by atoms with van der Waals surface area (Å²) >= 11 is 0. The third-order valence-corrected chi connectivity index (χ3v) is 5.59. The van der Waals surface area contributed by atoms with Crippen LogP contribution in [0.3, 0.4) is 0 Å². The molecule has 2 aromatic carbocycles. The molecule has 160 valence electrons. The van der Waals surface area contributed by atoms with Gasteiger partial charge in [-0.15, -0.1) is 0 Å². The molecule has 31 heavy (non-hydrogen) atoms. The van der Waals surface area contributed by atoms with Crippen molar-refractivity contribution in [1.29, 1.82) is 0 Å². The number of anilines is 1. The van der Waals surface area contributed by atoms with E-state index in [1.54, 1.807) is 12.1 Å². The third kappa shape index (κ3) is 5.06. The van der Waals surface area contributed by atoms with Crippen LogP contribution >= 0.6 is 0 Å². The van der Waals surface area contributed by atoms with Gasteiger partial charge >= 0.3 is 0 Å². The van der Waals surface area contributed by atoms with Crippen LogP contribution in [0, 0.1) is 0 Å². The Bertz CT molecular complexity index is 1280. The van der Waals surface area contributed by atoms with Crippen molar-refractivity contribution < 1.29 is 13.2 Å². The van der Waals surface area contributed by atoms with Crippen LogP contribution < -0.4 is 9.46 Å². The summed E-state index contributed by atoms with van der Waals surface area (Å²) in [4.78, 5) is 7.80. The lowest BCUT2D eigenvalue weighted by atomic mass is 10.0. The van der Waals surface area contributed by atoms with Crippen molar-refractivity contribution in [3.8, 4) is 28.0 Å². The molecule has 2 heterocycles. The van der Waals surface area contributed by atoms with Gasteiger partial charge < -0.3 is 9.72 Å². The molecular formula is C24H25N3O3S. The van der Waals surface area contributed by atoms with Gasteiger partial charge in [-0.25, -0.2) is 13.4 Å². The number of aromatic nitrogens is 2. The fourth-order valence-electron chi connectivity index (χ4n) is 3.41. The second-order valence-corrected chi connectivity index (χ2v) is 9.25. The predicted molar refractivity (Wildman–Crippen MR) is 126 cm³/mol. The van der Waals surface area contributed by atoms with Crippen LogP contribution in [0.25, 0.3) is 33.3 Å². The summed E-state index contributed by atoms with van der Waals surface area (Å²) in [6.07, 6.45) is 7.07. The summed E-state index contributed by atoms with van der Waals surface area (Å²) in [7, 11) is -3.30. The molecule has 0 unspecified atom stereocenters. The summed E-state index contributed by atoms with van der Waals surface area (Å²) in [6, 6.07) is 17.5. The number of H-pyrrole nitrogens is 1. The number of pyridine rings is 1. The van der Waals surface area contributed by atoms with Crippen molar-refractivity contribution in [3.63, 3.8) is 0 Å². The molecule has 6 nitrogen and oxygen atoms in total. The standard InChI is InChI=1S/C24H25N3O3S/c1-3-4-13-30-21-11-7-18(8-12-21)23-16-26-24-22(23)14-19(15-25-24)17-5-9-20(10-6-17)27-31(2,28)29/h5-12,14-16,27H,3-4,13H2,1-2H3,(H,25,26). The lowest BCUT2D eigenvalue weighted by molar-refractivity contribution is 0.309. The minimum atomic E-state index is -3.30. The van der Waals surface area contributed by atoms with Crippen molar-refractivity contribution in [1.82, 2.24) is 9.97 Å². The Morgan fingerprint density at radius 3 is 2.39 bits per heavy atom. The molecule has 4 rings (SSSR count). The maximum atomic E-state index is 11.4. The number of rotatable bonds is 8. The molecule has 0 aliphatic carbocycles. The number of ether oxygens (including phenoxy) is 1. The van der Waals surface area contributed by atoms with E-state index in [1.165, 1.54) is 0 Å². The quantitative estimate of drug-likeness (QED) is 0.361. The first-order valence-corrected chi connectivity index (χ1v) is 12.1. The molecule has 0 aliphatic heterocycles. The van der Waals surface area contributed by atoms with Crippen molar-refractivity contribution in [2.75, 3.05) is 17.6 Å². The van der Waals surface area contributed by atoms with Crippen LogP contribution in [0.4, 0.5) is 5.69 Å². The second kappa shape index (κ2) is 8.81. The topological polar surface area (TPSA) is 84.1 Å². The van der Waals surface area contributed by atoms with E-state index in [0.717, 1.165) is 64.7 Å². The average Bonchev–Trinajstić information content (AvgIpc) is 3.17. The molecule has 2 aromatic heterocycles. The number of sulfonamides is 1. The van der Waals surface area contributed by atoms with Gasteiger partial charge in [0.05, 0.1) is 12.9 Å². The second-order valence-electron chi connectivity index (χ2n) is 7.50. The molecule has 0 saturated heterocycles. The zero-order valence-corrected chi connectivity index (χ0v) is 18.4. The highest BCUT2D eigenvalue weighted by atomic mass is 32.2. The van der Waals surface area contributed by atoms with E-state index in [0.29, 0.717) is 5.69 Å². The van der Waals surface area contributed by atoms with Gasteiger partial charge in [0.15, 0.2) is 0 Å². The molecule has 4 aromatic rings. The van der Waals surface area contributed by atoms with E-state index in [2.05, 4.69) is 39.8 Å². The van der Waals surface area contributed by atoms with E-state index in [9.17, 15) is 8.42 Å². The average molecular weight is 436 g/mol. The van der Waals surface area contributed by atoms with E-state index >= 15 is 0 Å². The molecule has 0 aliphatic rings. The summed E-state index contributed by atoms with van der Waals surface area (Å²) in [5, 5.41) is 1.02. The molecule has 0 bridgehead atoms. The van der Waals surface area contributed by atoms with Crippen molar-refractivity contribution in [3.05, 3.63) is 67.0 Å². The van der Waals surface area contributed by atoms with Crippen molar-refractivity contribution in [2.24, 2.45) is 0 Å². The number of nitrogens with one attached hydrogen (secondary N) is 2. The van der Waals surface area contributed by atoms with Crippen LogP contribution in [0.5, 0.6) is 5.75 Å². The van der Waals surface area contributed by atoms with E-state index in [-0.39, 0.29) is 0 Å². The number of hydrogen-bond donors (Lipinski definition) is 2. The van der Waals surface area contributed by atoms with Crippen LogP contribution in [-0.4, -0.2) is 31.2 Å². The summed E-state index contributed by atoms with van der Waals surface area (Å²) < 4.78 is 31.0. The first-order chi connectivity index (χ1) is 14.9. The van der Waals surface area contributed by atoms with E-state index in [4.69, 9.17) is 4.74 Å². The fourth-order valence-corrected chi connectivity index (χ4v) is 3.97. The molecule has 0 spiro atoms. The number of unbranched alkanes of at least 4 members (excludes halogenated alkanes) is 1. The Labute approximate surface area is 182 Å². The minimum absolute atomic E-state index is 0.531. The Kier molecular flexibility index (Phi) is 5.95. The van der Waals surface area contributed by atoms with Crippen LogP contribution in [-0.2, 0) is 10.0 Å². The first-order valence-electron chi connectivity index (χ1n) is 10.2. The van der Waals surface area contributed by atoms with E-state index in [1.807, 2.05) is 36.7 Å². The van der Waals surface area contributed by atoms with Gasteiger partial charge in [0.1, 0.15) is 11.4 Å². The van der Waals surface area contributed by atoms with Gasteiger partial charge in [0, 0.05) is 34.6 Å². The predicted octanol–water partition coefficient (Wildman–Crippen LogP) is 5.45. The highest BCUT2D eigenvalue weighted by Gasteiger charge is 2.10. The zero-order valence-electron chi connectivity index (χ0n) is 17.6. The van der Waals surface area contributed by atoms with E-state index < -0.39 is 10.0 Å². The molecular weight excluding hydrogens is 410 g/mol. The Hall–Kier alpha value is -3.32. The number of aromatic amines is 1. The van der Waals surface area contributed by atoms with Gasteiger partial charge in [-0.2, -0.15) is 0 Å². The van der Waals surface area contributed by atoms with Gasteiger partial charge in [0.25, 0.3) is 0 Å². The molecule has 0 saturated carbocycles. The number of fused-ring (bicyclic) bond motifs is 1. The van der Waals surface area contributed by atoms with Crippen molar-refractivity contribution >= 4 is 26.7 Å². The fraction of sp³-hybridized carbons (Fsp3) is 0.208. The monoisotopic (exact) mass is 435 g/mol. The molecule has 7 heteroatoms. The largest absolute Gasteiger partial charge is 0.494 e. The molecule has 0 radical (unpaired) electrons. The number of hydrogen-bond acceptors (Lipinski definition) is 4. The third-order valence-electron chi connectivity index (χ3n) is 4.98. The first kappa shape index (κ1) is 20.9. The Morgan fingerprint density at radius 1 is 1.00 bits per heavy atom. The van der Waals surface area contributed by atoms with Crippen molar-refractivity contribution in [2.45, 2.75) is 19.8 Å². The summed E-state index contributed by atoms with van der Waals surface area (Å²) in [6.45, 7) is 2.88. The van der Waals surface area contributed by atoms with Crippen LogP contribution in [0.2, 0.25) is 0 Å². The molecule has 0 atom stereocenters. The maximum absolute atomic E-state index is 11.4. The van der Waals surface area contributed by atoms with Gasteiger partial charge in [-0.05, 0) is 47.9 Å². The van der Waals surface area contributed by atoms with Gasteiger partial charge in [-0.1, -0.05) is 37.6 Å². The molecule has 0 amide bonds.